The number of nitrogens with one attached hydrogen (secondary N) is 1. The Morgan fingerprint density at radius 2 is 1.86 bits per heavy atom. The summed E-state index contributed by atoms with van der Waals surface area (Å²) in [6.45, 7) is 5.65. The highest BCUT2D eigenvalue weighted by atomic mass is 19.1. The third-order valence-corrected chi connectivity index (χ3v) is 3.31. The van der Waals surface area contributed by atoms with Crippen LogP contribution in [0.5, 0.6) is 5.75 Å². The van der Waals surface area contributed by atoms with Gasteiger partial charge in [-0.3, -0.25) is 0 Å². The summed E-state index contributed by atoms with van der Waals surface area (Å²) in [6, 6.07) is 15.0. The summed E-state index contributed by atoms with van der Waals surface area (Å²) in [7, 11) is 0. The van der Waals surface area contributed by atoms with E-state index in [1.807, 2.05) is 18.2 Å². The molecule has 0 spiro atoms. The van der Waals surface area contributed by atoms with Gasteiger partial charge in [0.15, 0.2) is 0 Å². The van der Waals surface area contributed by atoms with Crippen molar-refractivity contribution in [1.82, 2.24) is 5.32 Å². The molecular weight excluding hydrogens is 265 g/mol. The molecular formula is C18H22FNO. The Bertz CT molecular complexity index is 553. The minimum atomic E-state index is -0.233. The first-order chi connectivity index (χ1) is 10.2. The molecule has 2 nitrogen and oxygen atoms in total. The molecule has 112 valence electrons. The van der Waals surface area contributed by atoms with E-state index >= 15 is 0 Å². The maximum atomic E-state index is 13.1. The van der Waals surface area contributed by atoms with Crippen LogP contribution in [0.15, 0.2) is 48.5 Å². The van der Waals surface area contributed by atoms with E-state index in [1.54, 1.807) is 6.07 Å². The summed E-state index contributed by atoms with van der Waals surface area (Å²) in [5.74, 6) is 0.572. The predicted octanol–water partition coefficient (Wildman–Crippen LogP) is 3.95. The molecule has 0 aromatic heterocycles. The highest BCUT2D eigenvalue weighted by Gasteiger charge is 2.02. The highest BCUT2D eigenvalue weighted by Crippen LogP contribution is 2.15. The first kappa shape index (κ1) is 15.5. The Kier molecular flexibility index (Phi) is 5.76. The van der Waals surface area contributed by atoms with Gasteiger partial charge in [-0.15, -0.1) is 0 Å². The standard InChI is InChI=1S/C18H22FNO/c1-3-20-14(2)11-15-7-9-18(10-8-15)21-13-16-5-4-6-17(19)12-16/h4-10,12,14,20H,3,11,13H2,1-2H3. The molecule has 2 aromatic carbocycles. The lowest BCUT2D eigenvalue weighted by Gasteiger charge is -2.12. The molecule has 0 aliphatic carbocycles. The SMILES string of the molecule is CCNC(C)Cc1ccc(OCc2cccc(F)c2)cc1. The second-order valence-electron chi connectivity index (χ2n) is 5.23. The Hall–Kier alpha value is -1.87. The van der Waals surface area contributed by atoms with E-state index in [4.69, 9.17) is 4.74 Å². The fourth-order valence-corrected chi connectivity index (χ4v) is 2.29. The fourth-order valence-electron chi connectivity index (χ4n) is 2.29. The molecule has 21 heavy (non-hydrogen) atoms. The van der Waals surface area contributed by atoms with Crippen LogP contribution >= 0.6 is 0 Å². The third-order valence-electron chi connectivity index (χ3n) is 3.31. The van der Waals surface area contributed by atoms with Crippen molar-refractivity contribution >= 4 is 0 Å². The first-order valence-corrected chi connectivity index (χ1v) is 7.37. The van der Waals surface area contributed by atoms with Crippen LogP contribution in [-0.4, -0.2) is 12.6 Å². The molecule has 3 heteroatoms. The zero-order chi connectivity index (χ0) is 15.1. The van der Waals surface area contributed by atoms with Crippen LogP contribution in [0.4, 0.5) is 4.39 Å². The minimum absolute atomic E-state index is 0.233. The maximum Gasteiger partial charge on any atom is 0.123 e. The largest absolute Gasteiger partial charge is 0.489 e. The van der Waals surface area contributed by atoms with Gasteiger partial charge in [-0.1, -0.05) is 31.2 Å². The van der Waals surface area contributed by atoms with Crippen molar-refractivity contribution < 1.29 is 9.13 Å². The van der Waals surface area contributed by atoms with Gasteiger partial charge in [0.1, 0.15) is 18.2 Å². The van der Waals surface area contributed by atoms with Crippen molar-refractivity contribution in [3.63, 3.8) is 0 Å². The minimum Gasteiger partial charge on any atom is -0.489 e. The highest BCUT2D eigenvalue weighted by molar-refractivity contribution is 5.28. The van der Waals surface area contributed by atoms with Gasteiger partial charge in [0.2, 0.25) is 0 Å². The zero-order valence-electron chi connectivity index (χ0n) is 12.6. The van der Waals surface area contributed by atoms with Gasteiger partial charge in [-0.25, -0.2) is 4.39 Å². The maximum absolute atomic E-state index is 13.1. The van der Waals surface area contributed by atoms with Crippen LogP contribution in [0, 0.1) is 5.82 Å². The smallest absolute Gasteiger partial charge is 0.123 e. The van der Waals surface area contributed by atoms with E-state index in [0.29, 0.717) is 12.6 Å². The Labute approximate surface area is 126 Å². The lowest BCUT2D eigenvalue weighted by Crippen LogP contribution is -2.27. The van der Waals surface area contributed by atoms with Crippen molar-refractivity contribution in [2.24, 2.45) is 0 Å². The topological polar surface area (TPSA) is 21.3 Å². The molecule has 0 aliphatic rings. The summed E-state index contributed by atoms with van der Waals surface area (Å²) in [6.07, 6.45) is 0.998. The Morgan fingerprint density at radius 1 is 1.10 bits per heavy atom. The van der Waals surface area contributed by atoms with Gasteiger partial charge >= 0.3 is 0 Å². The van der Waals surface area contributed by atoms with Gasteiger partial charge in [0.05, 0.1) is 0 Å². The average molecular weight is 287 g/mol. The van der Waals surface area contributed by atoms with E-state index in [0.717, 1.165) is 24.3 Å². The van der Waals surface area contributed by atoms with Crippen molar-refractivity contribution in [2.75, 3.05) is 6.54 Å². The summed E-state index contributed by atoms with van der Waals surface area (Å²) < 4.78 is 18.7. The quantitative estimate of drug-likeness (QED) is 0.832. The molecule has 0 aliphatic heterocycles. The van der Waals surface area contributed by atoms with Gasteiger partial charge in [0, 0.05) is 6.04 Å². The van der Waals surface area contributed by atoms with Crippen molar-refractivity contribution in [1.29, 1.82) is 0 Å². The van der Waals surface area contributed by atoms with E-state index in [-0.39, 0.29) is 5.82 Å². The van der Waals surface area contributed by atoms with Gasteiger partial charge < -0.3 is 10.1 Å². The summed E-state index contributed by atoms with van der Waals surface area (Å²) >= 11 is 0. The first-order valence-electron chi connectivity index (χ1n) is 7.37. The van der Waals surface area contributed by atoms with Crippen LogP contribution in [0.2, 0.25) is 0 Å². The van der Waals surface area contributed by atoms with Gasteiger partial charge in [0.25, 0.3) is 0 Å². The molecule has 0 fully saturated rings. The van der Waals surface area contributed by atoms with Crippen molar-refractivity contribution in [3.05, 3.63) is 65.5 Å². The van der Waals surface area contributed by atoms with Crippen LogP contribution in [-0.2, 0) is 13.0 Å². The summed E-state index contributed by atoms with van der Waals surface area (Å²) in [5, 5.41) is 3.39. The zero-order valence-corrected chi connectivity index (χ0v) is 12.6. The number of halogens is 1. The molecule has 1 unspecified atom stereocenters. The third kappa shape index (κ3) is 5.20. The lowest BCUT2D eigenvalue weighted by molar-refractivity contribution is 0.305. The van der Waals surface area contributed by atoms with Crippen LogP contribution in [0.1, 0.15) is 25.0 Å². The number of likely N-dealkylation sites (N-methyl/N-ethyl adjacent to an activating group) is 1. The van der Waals surface area contributed by atoms with Gasteiger partial charge in [-0.2, -0.15) is 0 Å². The number of hydrogen-bond donors (Lipinski definition) is 1. The molecule has 0 bridgehead atoms. The normalized spacial score (nSPS) is 12.1. The van der Waals surface area contributed by atoms with E-state index in [1.165, 1.54) is 17.7 Å². The van der Waals surface area contributed by atoms with Crippen LogP contribution in [0.3, 0.4) is 0 Å². The van der Waals surface area contributed by atoms with Crippen LogP contribution < -0.4 is 10.1 Å². The molecule has 0 saturated heterocycles. The van der Waals surface area contributed by atoms with E-state index < -0.39 is 0 Å². The Balaban J connectivity index is 1.87. The van der Waals surface area contributed by atoms with Crippen molar-refractivity contribution in [2.45, 2.75) is 32.9 Å². The van der Waals surface area contributed by atoms with Crippen LogP contribution in [0.25, 0.3) is 0 Å². The number of benzene rings is 2. The average Bonchev–Trinajstić information content (AvgIpc) is 2.47. The second kappa shape index (κ2) is 7.79. The molecule has 0 amide bonds. The summed E-state index contributed by atoms with van der Waals surface area (Å²) in [5.41, 5.74) is 2.11. The lowest BCUT2D eigenvalue weighted by atomic mass is 10.1. The summed E-state index contributed by atoms with van der Waals surface area (Å²) in [4.78, 5) is 0. The van der Waals surface area contributed by atoms with Gasteiger partial charge in [-0.05, 0) is 55.3 Å². The van der Waals surface area contributed by atoms with E-state index in [9.17, 15) is 4.39 Å². The number of hydrogen-bond acceptors (Lipinski definition) is 2. The molecule has 0 heterocycles. The van der Waals surface area contributed by atoms with Crippen molar-refractivity contribution in [3.8, 4) is 5.75 Å². The monoisotopic (exact) mass is 287 g/mol. The Morgan fingerprint density at radius 3 is 2.52 bits per heavy atom. The number of ether oxygens (including phenoxy) is 1. The molecule has 2 rings (SSSR count). The van der Waals surface area contributed by atoms with E-state index in [2.05, 4.69) is 31.3 Å². The molecule has 0 saturated carbocycles. The molecule has 1 N–H and O–H groups in total. The predicted molar refractivity (Wildman–Crippen MR) is 84.0 cm³/mol. The second-order valence-corrected chi connectivity index (χ2v) is 5.23. The molecule has 1 atom stereocenters. The molecule has 2 aromatic rings. The molecule has 0 radical (unpaired) electrons. The number of rotatable bonds is 7. The fraction of sp³-hybridized carbons (Fsp3) is 0.333.